The van der Waals surface area contributed by atoms with Crippen LogP contribution < -0.4 is 20.1 Å². The number of ether oxygens (including phenoxy) is 1. The van der Waals surface area contributed by atoms with Crippen LogP contribution in [0.5, 0.6) is 5.75 Å². The highest BCUT2D eigenvalue weighted by atomic mass is 35.5. The maximum Gasteiger partial charge on any atom is 0.259 e. The zero-order valence-corrected chi connectivity index (χ0v) is 16.2. The zero-order valence-electron chi connectivity index (χ0n) is 14.7. The Morgan fingerprint density at radius 2 is 2.04 bits per heavy atom. The van der Waals surface area contributed by atoms with E-state index in [2.05, 4.69) is 15.4 Å². The summed E-state index contributed by atoms with van der Waals surface area (Å²) in [5.74, 6) is -0.249. The number of para-hydroxylation sites is 1. The topological polar surface area (TPSA) is 96.5 Å². The van der Waals surface area contributed by atoms with Gasteiger partial charge in [-0.2, -0.15) is 0 Å². The van der Waals surface area contributed by atoms with Crippen LogP contribution in [-0.2, 0) is 10.0 Å². The predicted octanol–water partition coefficient (Wildman–Crippen LogP) is 2.24. The molecule has 0 spiro atoms. The molecule has 1 aliphatic rings. The Hall–Kier alpha value is -2.13. The zero-order chi connectivity index (χ0) is 19.4. The van der Waals surface area contributed by atoms with Gasteiger partial charge in [0.2, 0.25) is 10.0 Å². The molecule has 7 nitrogen and oxygen atoms in total. The van der Waals surface area contributed by atoms with Crippen LogP contribution in [0.25, 0.3) is 0 Å². The molecule has 2 aromatic carbocycles. The minimum Gasteiger partial charge on any atom is -0.496 e. The molecule has 1 heterocycles. The Kier molecular flexibility index (Phi) is 6.01. The molecule has 3 rings (SSSR count). The number of nitrogens with one attached hydrogen (secondary N) is 3. The average molecular weight is 410 g/mol. The van der Waals surface area contributed by atoms with Gasteiger partial charge in [0.25, 0.3) is 5.91 Å². The summed E-state index contributed by atoms with van der Waals surface area (Å²) < 4.78 is 33.2. The van der Waals surface area contributed by atoms with Crippen LogP contribution in [0.3, 0.4) is 0 Å². The summed E-state index contributed by atoms with van der Waals surface area (Å²) in [6.45, 7) is 1.34. The van der Waals surface area contributed by atoms with Crippen molar-refractivity contribution >= 4 is 33.2 Å². The van der Waals surface area contributed by atoms with Crippen molar-refractivity contribution in [1.82, 2.24) is 10.0 Å². The first-order valence-corrected chi connectivity index (χ1v) is 10.2. The number of benzene rings is 2. The number of halogens is 1. The van der Waals surface area contributed by atoms with E-state index in [1.165, 1.54) is 25.3 Å². The Morgan fingerprint density at radius 3 is 2.70 bits per heavy atom. The van der Waals surface area contributed by atoms with E-state index in [-0.39, 0.29) is 22.3 Å². The molecule has 0 unspecified atom stereocenters. The maximum absolute atomic E-state index is 12.7. The van der Waals surface area contributed by atoms with E-state index in [0.717, 1.165) is 13.0 Å². The number of carbonyl (C=O) groups is 1. The third kappa shape index (κ3) is 4.59. The number of anilines is 1. The first kappa shape index (κ1) is 19.6. The Morgan fingerprint density at radius 1 is 1.26 bits per heavy atom. The average Bonchev–Trinajstić information content (AvgIpc) is 3.15. The Bertz CT molecular complexity index is 943. The molecule has 0 radical (unpaired) electrons. The van der Waals surface area contributed by atoms with E-state index in [1.807, 2.05) is 0 Å². The van der Waals surface area contributed by atoms with Crippen molar-refractivity contribution < 1.29 is 17.9 Å². The van der Waals surface area contributed by atoms with Gasteiger partial charge in [-0.1, -0.05) is 23.7 Å². The van der Waals surface area contributed by atoms with Crippen LogP contribution in [0.1, 0.15) is 16.8 Å². The van der Waals surface area contributed by atoms with Crippen molar-refractivity contribution in [2.45, 2.75) is 17.4 Å². The maximum atomic E-state index is 12.7. The highest BCUT2D eigenvalue weighted by Gasteiger charge is 2.25. The van der Waals surface area contributed by atoms with Crippen LogP contribution in [0.15, 0.2) is 47.4 Å². The molecule has 1 atom stereocenters. The lowest BCUT2D eigenvalue weighted by Gasteiger charge is -2.15. The molecule has 1 amide bonds. The third-order valence-electron chi connectivity index (χ3n) is 4.23. The van der Waals surface area contributed by atoms with Gasteiger partial charge in [0.15, 0.2) is 0 Å². The number of sulfonamides is 1. The molecule has 2 aromatic rings. The van der Waals surface area contributed by atoms with Gasteiger partial charge in [-0.15, -0.1) is 0 Å². The third-order valence-corrected chi connectivity index (χ3v) is 6.08. The van der Waals surface area contributed by atoms with Crippen LogP contribution in [-0.4, -0.2) is 40.6 Å². The fraction of sp³-hybridized carbons (Fsp3) is 0.278. The summed E-state index contributed by atoms with van der Waals surface area (Å²) >= 11 is 6.07. The molecular formula is C18H20ClN3O4S. The van der Waals surface area contributed by atoms with E-state index in [0.29, 0.717) is 17.3 Å². The molecule has 1 saturated heterocycles. The molecule has 9 heteroatoms. The molecule has 1 fully saturated rings. The van der Waals surface area contributed by atoms with Gasteiger partial charge in [-0.25, -0.2) is 13.1 Å². The number of rotatable bonds is 6. The number of methoxy groups -OCH3 is 1. The van der Waals surface area contributed by atoms with Crippen molar-refractivity contribution in [3.05, 3.63) is 53.1 Å². The molecule has 0 aliphatic carbocycles. The van der Waals surface area contributed by atoms with Gasteiger partial charge >= 0.3 is 0 Å². The minimum absolute atomic E-state index is 0.000455. The van der Waals surface area contributed by atoms with Crippen LogP contribution in [0.4, 0.5) is 5.69 Å². The lowest BCUT2D eigenvalue weighted by atomic mass is 10.2. The summed E-state index contributed by atoms with van der Waals surface area (Å²) in [5, 5.41) is 6.16. The molecule has 3 N–H and O–H groups in total. The first-order chi connectivity index (χ1) is 12.9. The number of hydrogen-bond acceptors (Lipinski definition) is 5. The summed E-state index contributed by atoms with van der Waals surface area (Å²) in [6.07, 6.45) is 0.717. The second kappa shape index (κ2) is 8.26. The van der Waals surface area contributed by atoms with Crippen molar-refractivity contribution in [1.29, 1.82) is 0 Å². The highest BCUT2D eigenvalue weighted by molar-refractivity contribution is 7.89. The number of carbonyl (C=O) groups excluding carboxylic acids is 1. The predicted molar refractivity (Wildman–Crippen MR) is 104 cm³/mol. The largest absolute Gasteiger partial charge is 0.496 e. The SMILES string of the molecule is COc1ccc(S(=O)(=O)N[C@H]2CCNC2)cc1C(=O)Nc1ccccc1Cl. The normalized spacial score (nSPS) is 16.9. The Labute approximate surface area is 163 Å². The smallest absolute Gasteiger partial charge is 0.259 e. The monoisotopic (exact) mass is 409 g/mol. The first-order valence-electron chi connectivity index (χ1n) is 8.37. The van der Waals surface area contributed by atoms with Gasteiger partial charge in [-0.3, -0.25) is 4.79 Å². The van der Waals surface area contributed by atoms with E-state index >= 15 is 0 Å². The molecule has 0 saturated carbocycles. The number of amides is 1. The molecule has 144 valence electrons. The van der Waals surface area contributed by atoms with Gasteiger partial charge in [0, 0.05) is 12.6 Å². The second-order valence-corrected chi connectivity index (χ2v) is 8.23. The lowest BCUT2D eigenvalue weighted by Crippen LogP contribution is -2.36. The summed E-state index contributed by atoms with van der Waals surface area (Å²) in [5.41, 5.74) is 0.527. The Balaban J connectivity index is 1.89. The highest BCUT2D eigenvalue weighted by Crippen LogP contribution is 2.26. The fourth-order valence-corrected chi connectivity index (χ4v) is 4.31. The minimum atomic E-state index is -3.76. The fourth-order valence-electron chi connectivity index (χ4n) is 2.83. The standard InChI is InChI=1S/C18H20ClN3O4S/c1-26-17-7-6-13(27(24,25)22-12-8-9-20-11-12)10-14(17)18(23)21-16-5-3-2-4-15(16)19/h2-7,10,12,20,22H,8-9,11H2,1H3,(H,21,23)/t12-/m0/s1. The number of hydrogen-bond donors (Lipinski definition) is 3. The van der Waals surface area contributed by atoms with Gasteiger partial charge in [0.05, 0.1) is 28.3 Å². The molecule has 0 bridgehead atoms. The molecule has 0 aromatic heterocycles. The van der Waals surface area contributed by atoms with Crippen molar-refractivity contribution in [2.24, 2.45) is 0 Å². The van der Waals surface area contributed by atoms with E-state index < -0.39 is 15.9 Å². The molecule has 27 heavy (non-hydrogen) atoms. The van der Waals surface area contributed by atoms with Gasteiger partial charge in [-0.05, 0) is 43.3 Å². The summed E-state index contributed by atoms with van der Waals surface area (Å²) in [4.78, 5) is 12.7. The van der Waals surface area contributed by atoms with Crippen molar-refractivity contribution in [2.75, 3.05) is 25.5 Å². The summed E-state index contributed by atoms with van der Waals surface area (Å²) in [6, 6.07) is 10.8. The second-order valence-electron chi connectivity index (χ2n) is 6.11. The van der Waals surface area contributed by atoms with Crippen LogP contribution in [0.2, 0.25) is 5.02 Å². The van der Waals surface area contributed by atoms with E-state index in [1.54, 1.807) is 24.3 Å². The molecular weight excluding hydrogens is 390 g/mol. The van der Waals surface area contributed by atoms with Crippen LogP contribution >= 0.6 is 11.6 Å². The van der Waals surface area contributed by atoms with Crippen LogP contribution in [0, 0.1) is 0 Å². The summed E-state index contributed by atoms with van der Waals surface area (Å²) in [7, 11) is -2.34. The quantitative estimate of drug-likeness (QED) is 0.680. The van der Waals surface area contributed by atoms with Gasteiger partial charge in [0.1, 0.15) is 5.75 Å². The lowest BCUT2D eigenvalue weighted by molar-refractivity contribution is 0.102. The van der Waals surface area contributed by atoms with Gasteiger partial charge < -0.3 is 15.4 Å². The van der Waals surface area contributed by atoms with Crippen molar-refractivity contribution in [3.63, 3.8) is 0 Å². The van der Waals surface area contributed by atoms with E-state index in [9.17, 15) is 13.2 Å². The van der Waals surface area contributed by atoms with Crippen molar-refractivity contribution in [3.8, 4) is 5.75 Å². The van der Waals surface area contributed by atoms with E-state index in [4.69, 9.17) is 16.3 Å². The molecule has 1 aliphatic heterocycles.